The molecule has 0 saturated carbocycles. The highest BCUT2D eigenvalue weighted by molar-refractivity contribution is 5.76. The van der Waals surface area contributed by atoms with Crippen LogP contribution in [0.1, 0.15) is 62.4 Å². The first-order valence-electron chi connectivity index (χ1n) is 11.6. The molecule has 0 atom stereocenters. The largest absolute Gasteiger partial charge is 0.493 e. The lowest BCUT2D eigenvalue weighted by atomic mass is 10.0. The standard InChI is InChI=1S/C26H30F3N3O4/c1-16(2)23-18(15-32(31-23)22-11-9-19(14-30-22)26(27,28)29)7-6-12-35-21-13-20(10-8-17(21)3)36-25(4,5)24(33)34/h8-11,13-16H,6-7,12H2,1-5H3,(H,33,34). The molecule has 3 rings (SSSR count). The average molecular weight is 506 g/mol. The van der Waals surface area contributed by atoms with Gasteiger partial charge in [-0.2, -0.15) is 18.3 Å². The van der Waals surface area contributed by atoms with Crippen molar-refractivity contribution in [2.24, 2.45) is 0 Å². The van der Waals surface area contributed by atoms with E-state index in [1.54, 1.807) is 24.4 Å². The van der Waals surface area contributed by atoms with E-state index in [1.165, 1.54) is 24.6 Å². The molecule has 0 radical (unpaired) electrons. The number of aromatic nitrogens is 3. The molecule has 1 aromatic carbocycles. The molecule has 194 valence electrons. The molecule has 0 bridgehead atoms. The minimum atomic E-state index is -4.44. The first-order chi connectivity index (χ1) is 16.8. The minimum Gasteiger partial charge on any atom is -0.493 e. The van der Waals surface area contributed by atoms with Gasteiger partial charge in [-0.25, -0.2) is 14.5 Å². The number of rotatable bonds is 10. The van der Waals surface area contributed by atoms with Crippen LogP contribution >= 0.6 is 0 Å². The summed E-state index contributed by atoms with van der Waals surface area (Å²) in [6.07, 6.45) is -0.539. The second-order valence-electron chi connectivity index (χ2n) is 9.34. The average Bonchev–Trinajstić information content (AvgIpc) is 3.22. The van der Waals surface area contributed by atoms with Crippen LogP contribution in [0.2, 0.25) is 0 Å². The number of hydrogen-bond acceptors (Lipinski definition) is 5. The van der Waals surface area contributed by atoms with E-state index in [0.29, 0.717) is 36.8 Å². The van der Waals surface area contributed by atoms with Crippen molar-refractivity contribution in [1.29, 1.82) is 0 Å². The summed E-state index contributed by atoms with van der Waals surface area (Å²) in [5.74, 6) is 0.353. The highest BCUT2D eigenvalue weighted by Gasteiger charge is 2.31. The van der Waals surface area contributed by atoms with Crippen LogP contribution < -0.4 is 9.47 Å². The van der Waals surface area contributed by atoms with Gasteiger partial charge in [0.15, 0.2) is 11.4 Å². The van der Waals surface area contributed by atoms with Crippen LogP contribution in [0.25, 0.3) is 5.82 Å². The van der Waals surface area contributed by atoms with Gasteiger partial charge in [-0.1, -0.05) is 19.9 Å². The lowest BCUT2D eigenvalue weighted by Crippen LogP contribution is -2.37. The van der Waals surface area contributed by atoms with E-state index < -0.39 is 23.3 Å². The quantitative estimate of drug-likeness (QED) is 0.342. The molecule has 1 N–H and O–H groups in total. The van der Waals surface area contributed by atoms with Crippen molar-refractivity contribution >= 4 is 5.97 Å². The van der Waals surface area contributed by atoms with Gasteiger partial charge >= 0.3 is 12.1 Å². The molecule has 2 heterocycles. The van der Waals surface area contributed by atoms with Crippen LogP contribution in [0.5, 0.6) is 11.5 Å². The SMILES string of the molecule is Cc1ccc(OC(C)(C)C(=O)O)cc1OCCCc1cn(-c2ccc(C(F)(F)F)cn2)nc1C(C)C. The van der Waals surface area contributed by atoms with E-state index >= 15 is 0 Å². The molecule has 0 aliphatic heterocycles. The Kier molecular flexibility index (Phi) is 7.96. The van der Waals surface area contributed by atoms with Crippen LogP contribution in [0.3, 0.4) is 0 Å². The van der Waals surface area contributed by atoms with Gasteiger partial charge in [0.2, 0.25) is 0 Å². The van der Waals surface area contributed by atoms with E-state index in [2.05, 4.69) is 10.1 Å². The third-order valence-corrected chi connectivity index (χ3v) is 5.58. The first kappa shape index (κ1) is 27.0. The number of pyridine rings is 1. The molecule has 7 nitrogen and oxygen atoms in total. The molecule has 0 unspecified atom stereocenters. The summed E-state index contributed by atoms with van der Waals surface area (Å²) in [7, 11) is 0. The molecule has 0 spiro atoms. The van der Waals surface area contributed by atoms with Crippen molar-refractivity contribution in [3.63, 3.8) is 0 Å². The van der Waals surface area contributed by atoms with Crippen molar-refractivity contribution in [3.05, 3.63) is 65.1 Å². The third kappa shape index (κ3) is 6.56. The van der Waals surface area contributed by atoms with Crippen molar-refractivity contribution in [2.45, 2.75) is 65.2 Å². The third-order valence-electron chi connectivity index (χ3n) is 5.58. The highest BCUT2D eigenvalue weighted by atomic mass is 19.4. The topological polar surface area (TPSA) is 86.5 Å². The molecule has 0 saturated heterocycles. The first-order valence-corrected chi connectivity index (χ1v) is 11.6. The lowest BCUT2D eigenvalue weighted by molar-refractivity contribution is -0.152. The Morgan fingerprint density at radius 3 is 2.47 bits per heavy atom. The number of halogens is 3. The second kappa shape index (κ2) is 10.6. The van der Waals surface area contributed by atoms with Crippen molar-refractivity contribution in [3.8, 4) is 17.3 Å². The molecule has 36 heavy (non-hydrogen) atoms. The minimum absolute atomic E-state index is 0.116. The smallest absolute Gasteiger partial charge is 0.417 e. The monoisotopic (exact) mass is 505 g/mol. The Labute approximate surface area is 207 Å². The van der Waals surface area contributed by atoms with Crippen LogP contribution in [-0.4, -0.2) is 38.0 Å². The van der Waals surface area contributed by atoms with Gasteiger partial charge in [0.05, 0.1) is 17.9 Å². The fourth-order valence-corrected chi connectivity index (χ4v) is 3.49. The summed E-state index contributed by atoms with van der Waals surface area (Å²) < 4.78 is 51.5. The maximum absolute atomic E-state index is 12.8. The van der Waals surface area contributed by atoms with Crippen LogP contribution in [0.4, 0.5) is 13.2 Å². The highest BCUT2D eigenvalue weighted by Crippen LogP contribution is 2.30. The Balaban J connectivity index is 1.66. The van der Waals surface area contributed by atoms with Gasteiger partial charge in [-0.05, 0) is 68.9 Å². The molecule has 3 aromatic rings. The molecule has 0 aliphatic rings. The maximum Gasteiger partial charge on any atom is 0.417 e. The van der Waals surface area contributed by atoms with Crippen molar-refractivity contribution in [2.75, 3.05) is 6.61 Å². The fraction of sp³-hybridized carbons (Fsp3) is 0.423. The zero-order chi connectivity index (χ0) is 26.7. The summed E-state index contributed by atoms with van der Waals surface area (Å²) >= 11 is 0. The van der Waals surface area contributed by atoms with Crippen molar-refractivity contribution in [1.82, 2.24) is 14.8 Å². The number of aryl methyl sites for hydroxylation is 2. The summed E-state index contributed by atoms with van der Waals surface area (Å²) in [6.45, 7) is 9.23. The van der Waals surface area contributed by atoms with Gasteiger partial charge in [-0.15, -0.1) is 0 Å². The van der Waals surface area contributed by atoms with E-state index in [9.17, 15) is 23.1 Å². The van der Waals surface area contributed by atoms with E-state index in [1.807, 2.05) is 20.8 Å². The Morgan fingerprint density at radius 2 is 1.89 bits per heavy atom. The molecule has 0 aliphatic carbocycles. The van der Waals surface area contributed by atoms with Crippen LogP contribution in [0.15, 0.2) is 42.7 Å². The number of carbonyl (C=O) groups is 1. The van der Waals surface area contributed by atoms with E-state index in [4.69, 9.17) is 9.47 Å². The van der Waals surface area contributed by atoms with Crippen molar-refractivity contribution < 1.29 is 32.5 Å². The number of benzene rings is 1. The molecular weight excluding hydrogens is 475 g/mol. The molecule has 0 fully saturated rings. The number of ether oxygens (including phenoxy) is 2. The maximum atomic E-state index is 12.8. The predicted octanol–water partition coefficient (Wildman–Crippen LogP) is 5.97. The Bertz CT molecular complexity index is 1200. The molecule has 2 aromatic heterocycles. The summed E-state index contributed by atoms with van der Waals surface area (Å²) in [6, 6.07) is 7.47. The van der Waals surface area contributed by atoms with Crippen LogP contribution in [0, 0.1) is 6.92 Å². The van der Waals surface area contributed by atoms with Gasteiger partial charge in [0.1, 0.15) is 11.5 Å². The number of hydrogen-bond donors (Lipinski definition) is 1. The molecule has 10 heteroatoms. The Morgan fingerprint density at radius 1 is 1.17 bits per heavy atom. The van der Waals surface area contributed by atoms with Gasteiger partial charge in [0.25, 0.3) is 0 Å². The normalized spacial score (nSPS) is 12.1. The van der Waals surface area contributed by atoms with E-state index in [-0.39, 0.29) is 5.92 Å². The Hall–Kier alpha value is -3.56. The van der Waals surface area contributed by atoms with E-state index in [0.717, 1.165) is 29.1 Å². The van der Waals surface area contributed by atoms with Crippen LogP contribution in [-0.2, 0) is 17.4 Å². The zero-order valence-corrected chi connectivity index (χ0v) is 20.9. The number of carboxylic acids is 1. The number of alkyl halides is 3. The lowest BCUT2D eigenvalue weighted by Gasteiger charge is -2.22. The summed E-state index contributed by atoms with van der Waals surface area (Å²) in [4.78, 5) is 15.3. The van der Waals surface area contributed by atoms with Gasteiger partial charge in [-0.3, -0.25) is 0 Å². The second-order valence-corrected chi connectivity index (χ2v) is 9.34. The number of carboxylic acid groups (broad SMARTS) is 1. The zero-order valence-electron chi connectivity index (χ0n) is 20.9. The number of aliphatic carboxylic acids is 1. The van der Waals surface area contributed by atoms with Gasteiger partial charge in [0, 0.05) is 18.5 Å². The number of nitrogens with zero attached hydrogens (tertiary/aromatic N) is 3. The fourth-order valence-electron chi connectivity index (χ4n) is 3.49. The molecular formula is C26H30F3N3O4. The predicted molar refractivity (Wildman–Crippen MR) is 128 cm³/mol. The summed E-state index contributed by atoms with van der Waals surface area (Å²) in [5.41, 5.74) is 0.518. The molecule has 0 amide bonds. The van der Waals surface area contributed by atoms with Gasteiger partial charge < -0.3 is 14.6 Å². The summed E-state index contributed by atoms with van der Waals surface area (Å²) in [5, 5.41) is 13.8.